The van der Waals surface area contributed by atoms with Crippen molar-refractivity contribution in [3.05, 3.63) is 59.2 Å². The van der Waals surface area contributed by atoms with Crippen molar-refractivity contribution in [2.45, 2.75) is 62.4 Å². The van der Waals surface area contributed by atoms with Crippen molar-refractivity contribution >= 4 is 21.8 Å². The molecule has 0 saturated carbocycles. The van der Waals surface area contributed by atoms with Crippen LogP contribution in [0, 0.1) is 0 Å². The summed E-state index contributed by atoms with van der Waals surface area (Å²) in [6.45, 7) is 6.92. The molecule has 2 aromatic carbocycles. The van der Waals surface area contributed by atoms with Gasteiger partial charge in [0.05, 0.1) is 4.90 Å². The van der Waals surface area contributed by atoms with E-state index in [4.69, 9.17) is 5.14 Å². The molecule has 0 atom stereocenters. The maximum absolute atomic E-state index is 12.4. The first-order valence-electron chi connectivity index (χ1n) is 9.40. The molecule has 0 saturated heterocycles. The van der Waals surface area contributed by atoms with Gasteiger partial charge in [0, 0.05) is 17.5 Å². The molecule has 4 nitrogen and oxygen atoms in total. The molecule has 0 spiro atoms. The van der Waals surface area contributed by atoms with E-state index in [0.29, 0.717) is 19.0 Å². The third-order valence-electron chi connectivity index (χ3n) is 4.23. The fourth-order valence-electron chi connectivity index (χ4n) is 2.78. The van der Waals surface area contributed by atoms with Gasteiger partial charge in [0.1, 0.15) is 0 Å². The van der Waals surface area contributed by atoms with Gasteiger partial charge >= 0.3 is 0 Å². The van der Waals surface area contributed by atoms with Crippen molar-refractivity contribution in [3.63, 3.8) is 0 Å². The highest BCUT2D eigenvalue weighted by Crippen LogP contribution is 2.32. The predicted molar refractivity (Wildman–Crippen MR) is 115 cm³/mol. The van der Waals surface area contributed by atoms with E-state index in [1.807, 2.05) is 30.3 Å². The molecule has 2 aromatic rings. The Kier molecular flexibility index (Phi) is 8.35. The number of thioether (sulfide) groups is 1. The standard InChI is InChI=1S/C21H30N2O2S2/c1-4-5-11-26-20-13-18(15-23-16(2)3)14-21(27(22,24)25)19(20)12-17-9-7-6-8-10-17/h6-10,13-14,16,23H,4-5,11-12,15H2,1-3H3,(H2,22,24,25). The van der Waals surface area contributed by atoms with Gasteiger partial charge < -0.3 is 5.32 Å². The quantitative estimate of drug-likeness (QED) is 0.455. The molecule has 0 heterocycles. The third-order valence-corrected chi connectivity index (χ3v) is 6.37. The van der Waals surface area contributed by atoms with Crippen LogP contribution in [-0.4, -0.2) is 20.2 Å². The molecule has 0 aliphatic rings. The first-order chi connectivity index (χ1) is 12.8. The number of hydrogen-bond donors (Lipinski definition) is 2. The van der Waals surface area contributed by atoms with E-state index in [1.165, 1.54) is 0 Å². The molecule has 2 rings (SSSR count). The average molecular weight is 407 g/mol. The SMILES string of the molecule is CCCCSc1cc(CNC(C)C)cc(S(N)(=O)=O)c1Cc1ccccc1. The number of unbranched alkanes of at least 4 members (excludes halogenated alkanes) is 1. The van der Waals surface area contributed by atoms with Crippen LogP contribution in [-0.2, 0) is 23.0 Å². The Labute approximate surface area is 168 Å². The lowest BCUT2D eigenvalue weighted by molar-refractivity contribution is 0.585. The molecular formula is C21H30N2O2S2. The molecule has 0 unspecified atom stereocenters. The van der Waals surface area contributed by atoms with Gasteiger partial charge in [0.25, 0.3) is 0 Å². The Morgan fingerprint density at radius 1 is 1.11 bits per heavy atom. The summed E-state index contributed by atoms with van der Waals surface area (Å²) in [5.74, 6) is 0.962. The number of primary sulfonamides is 1. The number of hydrogen-bond acceptors (Lipinski definition) is 4. The highest BCUT2D eigenvalue weighted by Gasteiger charge is 2.20. The van der Waals surface area contributed by atoms with Gasteiger partial charge in [-0.2, -0.15) is 0 Å². The van der Waals surface area contributed by atoms with Gasteiger partial charge in [-0.25, -0.2) is 13.6 Å². The minimum atomic E-state index is -3.81. The van der Waals surface area contributed by atoms with Crippen molar-refractivity contribution in [3.8, 4) is 0 Å². The van der Waals surface area contributed by atoms with Crippen LogP contribution in [0.4, 0.5) is 0 Å². The second-order valence-corrected chi connectivity index (χ2v) is 9.68. The summed E-state index contributed by atoms with van der Waals surface area (Å²) < 4.78 is 24.7. The van der Waals surface area contributed by atoms with Crippen molar-refractivity contribution < 1.29 is 8.42 Å². The van der Waals surface area contributed by atoms with Crippen LogP contribution < -0.4 is 10.5 Å². The highest BCUT2D eigenvalue weighted by atomic mass is 32.2. The second kappa shape index (κ2) is 10.3. The lowest BCUT2D eigenvalue weighted by Crippen LogP contribution is -2.23. The van der Waals surface area contributed by atoms with Gasteiger partial charge in [0.15, 0.2) is 0 Å². The summed E-state index contributed by atoms with van der Waals surface area (Å²) in [6, 6.07) is 14.1. The summed E-state index contributed by atoms with van der Waals surface area (Å²) >= 11 is 1.72. The molecular weight excluding hydrogens is 376 g/mol. The average Bonchev–Trinajstić information content (AvgIpc) is 2.61. The Bertz CT molecular complexity index is 835. The molecule has 0 fully saturated rings. The zero-order valence-electron chi connectivity index (χ0n) is 16.4. The molecule has 6 heteroatoms. The van der Waals surface area contributed by atoms with Crippen LogP contribution >= 0.6 is 11.8 Å². The fraction of sp³-hybridized carbons (Fsp3) is 0.429. The molecule has 0 bridgehead atoms. The topological polar surface area (TPSA) is 72.2 Å². The minimum Gasteiger partial charge on any atom is -0.310 e. The van der Waals surface area contributed by atoms with Crippen LogP contribution in [0.25, 0.3) is 0 Å². The van der Waals surface area contributed by atoms with Crippen molar-refractivity contribution in [1.29, 1.82) is 0 Å². The Morgan fingerprint density at radius 3 is 2.41 bits per heavy atom. The van der Waals surface area contributed by atoms with Crippen LogP contribution in [0.3, 0.4) is 0 Å². The van der Waals surface area contributed by atoms with Gasteiger partial charge in [-0.05, 0) is 47.4 Å². The maximum atomic E-state index is 12.4. The zero-order chi connectivity index (χ0) is 19.9. The molecule has 3 N–H and O–H groups in total. The van der Waals surface area contributed by atoms with E-state index < -0.39 is 10.0 Å². The Balaban J connectivity index is 2.50. The van der Waals surface area contributed by atoms with E-state index in [2.05, 4.69) is 32.2 Å². The summed E-state index contributed by atoms with van der Waals surface area (Å²) in [5.41, 5.74) is 2.83. The summed E-state index contributed by atoms with van der Waals surface area (Å²) in [6.07, 6.45) is 2.76. The van der Waals surface area contributed by atoms with Gasteiger partial charge in [0.2, 0.25) is 10.0 Å². The maximum Gasteiger partial charge on any atom is 0.238 e. The first-order valence-corrected chi connectivity index (χ1v) is 11.9. The summed E-state index contributed by atoms with van der Waals surface area (Å²) in [7, 11) is -3.81. The second-order valence-electron chi connectivity index (χ2n) is 7.02. The van der Waals surface area contributed by atoms with Gasteiger partial charge in [-0.15, -0.1) is 11.8 Å². The molecule has 0 aliphatic heterocycles. The first kappa shape index (κ1) is 22.0. The van der Waals surface area contributed by atoms with E-state index in [0.717, 1.165) is 40.2 Å². The number of sulfonamides is 1. The summed E-state index contributed by atoms with van der Waals surface area (Å²) in [5, 5.41) is 8.96. The fourth-order valence-corrected chi connectivity index (χ4v) is 4.93. The molecule has 0 radical (unpaired) electrons. The van der Waals surface area contributed by atoms with Gasteiger partial charge in [-0.3, -0.25) is 0 Å². The number of rotatable bonds is 10. The van der Waals surface area contributed by atoms with Crippen LogP contribution in [0.2, 0.25) is 0 Å². The van der Waals surface area contributed by atoms with E-state index >= 15 is 0 Å². The molecule has 148 valence electrons. The largest absolute Gasteiger partial charge is 0.310 e. The zero-order valence-corrected chi connectivity index (χ0v) is 18.0. The van der Waals surface area contributed by atoms with E-state index in [9.17, 15) is 8.42 Å². The summed E-state index contributed by atoms with van der Waals surface area (Å²) in [4.78, 5) is 1.26. The number of nitrogens with two attached hydrogens (primary N) is 1. The molecule has 0 aliphatic carbocycles. The predicted octanol–water partition coefficient (Wildman–Crippen LogP) is 4.32. The Morgan fingerprint density at radius 2 is 1.81 bits per heavy atom. The smallest absolute Gasteiger partial charge is 0.238 e. The monoisotopic (exact) mass is 406 g/mol. The lowest BCUT2D eigenvalue weighted by atomic mass is 10.0. The van der Waals surface area contributed by atoms with Crippen LogP contribution in [0.1, 0.15) is 50.3 Å². The van der Waals surface area contributed by atoms with Gasteiger partial charge in [-0.1, -0.05) is 57.5 Å². The lowest BCUT2D eigenvalue weighted by Gasteiger charge is -2.17. The normalized spacial score (nSPS) is 11.9. The van der Waals surface area contributed by atoms with E-state index in [1.54, 1.807) is 17.8 Å². The van der Waals surface area contributed by atoms with Crippen LogP contribution in [0.15, 0.2) is 52.3 Å². The minimum absolute atomic E-state index is 0.244. The number of nitrogens with one attached hydrogen (secondary N) is 1. The van der Waals surface area contributed by atoms with E-state index in [-0.39, 0.29) is 4.90 Å². The number of benzene rings is 2. The molecule has 27 heavy (non-hydrogen) atoms. The molecule has 0 amide bonds. The van der Waals surface area contributed by atoms with Crippen LogP contribution in [0.5, 0.6) is 0 Å². The Hall–Kier alpha value is -1.34. The van der Waals surface area contributed by atoms with Crippen molar-refractivity contribution in [2.75, 3.05) is 5.75 Å². The third kappa shape index (κ3) is 6.96. The molecule has 0 aromatic heterocycles. The van der Waals surface area contributed by atoms with Crippen molar-refractivity contribution in [1.82, 2.24) is 5.32 Å². The highest BCUT2D eigenvalue weighted by molar-refractivity contribution is 7.99. The van der Waals surface area contributed by atoms with Crippen molar-refractivity contribution in [2.24, 2.45) is 5.14 Å².